The fourth-order valence-electron chi connectivity index (χ4n) is 1.23. The summed E-state index contributed by atoms with van der Waals surface area (Å²) in [6, 6.07) is 2.09. The molecule has 0 spiro atoms. The first-order chi connectivity index (χ1) is 4.86. The van der Waals surface area contributed by atoms with Crippen molar-refractivity contribution in [3.05, 3.63) is 21.9 Å². The summed E-state index contributed by atoms with van der Waals surface area (Å²) in [5, 5.41) is 12.6. The zero-order chi connectivity index (χ0) is 6.97. The Morgan fingerprint density at radius 2 is 2.50 bits per heavy atom. The molecule has 0 unspecified atom stereocenters. The third-order valence-electron chi connectivity index (χ3n) is 1.79. The highest BCUT2D eigenvalue weighted by atomic mass is 32.1. The van der Waals surface area contributed by atoms with E-state index in [1.807, 2.05) is 0 Å². The molecule has 1 aliphatic rings. The Labute approximate surface area is 63.7 Å². The number of rotatable bonds is 0. The lowest BCUT2D eigenvalue weighted by Gasteiger charge is -2.19. The van der Waals surface area contributed by atoms with Gasteiger partial charge in [0.2, 0.25) is 0 Å². The van der Waals surface area contributed by atoms with E-state index in [1.165, 1.54) is 15.5 Å². The fraction of sp³-hybridized carbons (Fsp3) is 0.429. The smallest absolute Gasteiger partial charge is 0.0499 e. The first kappa shape index (κ1) is 6.34. The van der Waals surface area contributed by atoms with Crippen LogP contribution in [0.1, 0.15) is 10.4 Å². The van der Waals surface area contributed by atoms with Crippen LogP contribution in [0.3, 0.4) is 0 Å². The van der Waals surface area contributed by atoms with E-state index in [2.05, 4.69) is 11.4 Å². The monoisotopic (exact) mass is 155 g/mol. The Morgan fingerprint density at radius 3 is 3.40 bits per heavy atom. The fourth-order valence-corrected chi connectivity index (χ4v) is 2.12. The highest BCUT2D eigenvalue weighted by molar-refractivity contribution is 7.10. The Bertz CT molecular complexity index is 233. The van der Waals surface area contributed by atoms with Gasteiger partial charge in [0.1, 0.15) is 0 Å². The molecule has 0 saturated heterocycles. The summed E-state index contributed by atoms with van der Waals surface area (Å²) in [6.45, 7) is 1.49. The van der Waals surface area contributed by atoms with Gasteiger partial charge in [-0.1, -0.05) is 0 Å². The summed E-state index contributed by atoms with van der Waals surface area (Å²) >= 11 is 1.79. The average molecular weight is 155 g/mol. The van der Waals surface area contributed by atoms with Crippen molar-refractivity contribution in [1.82, 2.24) is 5.06 Å². The van der Waals surface area contributed by atoms with Crippen molar-refractivity contribution in [3.63, 3.8) is 0 Å². The Morgan fingerprint density at radius 1 is 1.60 bits per heavy atom. The van der Waals surface area contributed by atoms with Gasteiger partial charge in [-0.15, -0.1) is 11.3 Å². The van der Waals surface area contributed by atoms with Gasteiger partial charge in [-0.25, -0.2) is 0 Å². The van der Waals surface area contributed by atoms with Crippen LogP contribution in [0.4, 0.5) is 0 Å². The molecule has 1 aliphatic heterocycles. The van der Waals surface area contributed by atoms with Crippen molar-refractivity contribution in [3.8, 4) is 0 Å². The molecule has 0 fully saturated rings. The lowest BCUT2D eigenvalue weighted by atomic mass is 10.1. The topological polar surface area (TPSA) is 23.5 Å². The van der Waals surface area contributed by atoms with E-state index in [9.17, 15) is 0 Å². The average Bonchev–Trinajstić information content (AvgIpc) is 2.33. The van der Waals surface area contributed by atoms with Gasteiger partial charge < -0.3 is 5.21 Å². The third kappa shape index (κ3) is 0.963. The molecule has 0 atom stereocenters. The zero-order valence-corrected chi connectivity index (χ0v) is 6.40. The minimum atomic E-state index is 0.707. The van der Waals surface area contributed by atoms with Crippen molar-refractivity contribution in [1.29, 1.82) is 0 Å². The second kappa shape index (κ2) is 2.34. The van der Waals surface area contributed by atoms with Crippen molar-refractivity contribution in [2.75, 3.05) is 6.54 Å². The molecule has 0 aromatic carbocycles. The van der Waals surface area contributed by atoms with Crippen LogP contribution in [0.5, 0.6) is 0 Å². The molecule has 3 heteroatoms. The van der Waals surface area contributed by atoms with Crippen LogP contribution in [-0.4, -0.2) is 16.8 Å². The summed E-state index contributed by atoms with van der Waals surface area (Å²) in [5.41, 5.74) is 1.29. The summed E-state index contributed by atoms with van der Waals surface area (Å²) in [7, 11) is 0. The van der Waals surface area contributed by atoms with Gasteiger partial charge in [-0.3, -0.25) is 0 Å². The van der Waals surface area contributed by atoms with Crippen molar-refractivity contribution >= 4 is 11.3 Å². The minimum absolute atomic E-state index is 0.707. The van der Waals surface area contributed by atoms with Crippen LogP contribution in [0, 0.1) is 0 Å². The molecule has 1 aromatic heterocycles. The van der Waals surface area contributed by atoms with E-state index in [0.29, 0.717) is 6.54 Å². The van der Waals surface area contributed by atoms with Gasteiger partial charge >= 0.3 is 0 Å². The van der Waals surface area contributed by atoms with E-state index in [1.54, 1.807) is 11.3 Å². The van der Waals surface area contributed by atoms with E-state index in [0.717, 1.165) is 13.0 Å². The molecule has 2 heterocycles. The zero-order valence-electron chi connectivity index (χ0n) is 5.58. The second-order valence-corrected chi connectivity index (χ2v) is 3.51. The number of hydrogen-bond acceptors (Lipinski definition) is 3. The van der Waals surface area contributed by atoms with Crippen LogP contribution in [0.15, 0.2) is 11.4 Å². The van der Waals surface area contributed by atoms with E-state index in [4.69, 9.17) is 5.21 Å². The summed E-state index contributed by atoms with van der Waals surface area (Å²) < 4.78 is 0. The predicted octanol–water partition coefficient (Wildman–Crippen LogP) is 1.50. The largest absolute Gasteiger partial charge is 0.314 e. The van der Waals surface area contributed by atoms with Gasteiger partial charge in [-0.2, -0.15) is 5.06 Å². The number of fused-ring (bicyclic) bond motifs is 1. The standard InChI is InChI=1S/C7H9NOS/c9-8-3-1-7-6(5-8)2-4-10-7/h2,4,9H,1,3,5H2. The van der Waals surface area contributed by atoms with Gasteiger partial charge in [0.25, 0.3) is 0 Å². The van der Waals surface area contributed by atoms with Gasteiger partial charge in [-0.05, 0) is 23.4 Å². The summed E-state index contributed by atoms with van der Waals surface area (Å²) in [5.74, 6) is 0. The first-order valence-electron chi connectivity index (χ1n) is 3.35. The predicted molar refractivity (Wildman–Crippen MR) is 40.2 cm³/mol. The molecule has 10 heavy (non-hydrogen) atoms. The second-order valence-electron chi connectivity index (χ2n) is 2.51. The molecule has 2 nitrogen and oxygen atoms in total. The minimum Gasteiger partial charge on any atom is -0.314 e. The van der Waals surface area contributed by atoms with Crippen molar-refractivity contribution < 1.29 is 5.21 Å². The molecular weight excluding hydrogens is 146 g/mol. The number of hydrogen-bond donors (Lipinski definition) is 1. The maximum Gasteiger partial charge on any atom is 0.0499 e. The highest BCUT2D eigenvalue weighted by Gasteiger charge is 2.14. The van der Waals surface area contributed by atoms with E-state index >= 15 is 0 Å². The molecule has 0 bridgehead atoms. The molecule has 0 amide bonds. The number of hydroxylamine groups is 2. The van der Waals surface area contributed by atoms with E-state index in [-0.39, 0.29) is 0 Å². The van der Waals surface area contributed by atoms with Gasteiger partial charge in [0.05, 0.1) is 0 Å². The molecule has 54 valence electrons. The molecule has 1 N–H and O–H groups in total. The first-order valence-corrected chi connectivity index (χ1v) is 4.23. The highest BCUT2D eigenvalue weighted by Crippen LogP contribution is 2.22. The van der Waals surface area contributed by atoms with Crippen molar-refractivity contribution in [2.24, 2.45) is 0 Å². The molecular formula is C7H9NOS. The van der Waals surface area contributed by atoms with Gasteiger partial charge in [0.15, 0.2) is 0 Å². The summed E-state index contributed by atoms with van der Waals surface area (Å²) in [4.78, 5) is 1.44. The van der Waals surface area contributed by atoms with Crippen molar-refractivity contribution in [2.45, 2.75) is 13.0 Å². The molecule has 0 aliphatic carbocycles. The maximum absolute atomic E-state index is 9.11. The quantitative estimate of drug-likeness (QED) is 0.613. The van der Waals surface area contributed by atoms with Crippen LogP contribution in [0.2, 0.25) is 0 Å². The Balaban J connectivity index is 2.30. The molecule has 1 aromatic rings. The van der Waals surface area contributed by atoms with Crippen LogP contribution >= 0.6 is 11.3 Å². The number of nitrogens with zero attached hydrogens (tertiary/aromatic N) is 1. The SMILES string of the molecule is ON1CCc2sccc2C1. The van der Waals surface area contributed by atoms with Crippen LogP contribution in [-0.2, 0) is 13.0 Å². The third-order valence-corrected chi connectivity index (χ3v) is 2.81. The Hall–Kier alpha value is -0.380. The summed E-state index contributed by atoms with van der Waals surface area (Å²) in [6.07, 6.45) is 1.00. The Kier molecular flexibility index (Phi) is 1.48. The maximum atomic E-state index is 9.11. The van der Waals surface area contributed by atoms with Gasteiger partial charge in [0, 0.05) is 18.0 Å². The van der Waals surface area contributed by atoms with E-state index < -0.39 is 0 Å². The lowest BCUT2D eigenvalue weighted by molar-refractivity contribution is -0.102. The molecule has 0 radical (unpaired) electrons. The van der Waals surface area contributed by atoms with Crippen LogP contribution in [0.25, 0.3) is 0 Å². The lowest BCUT2D eigenvalue weighted by Crippen LogP contribution is -2.25. The molecule has 0 saturated carbocycles. The van der Waals surface area contributed by atoms with Crippen LogP contribution < -0.4 is 0 Å². The molecule has 2 rings (SSSR count). The number of thiophene rings is 1. The normalized spacial score (nSPS) is 18.9.